The van der Waals surface area contributed by atoms with E-state index in [1.165, 1.54) is 16.2 Å². The maximum atomic E-state index is 10.6. The lowest BCUT2D eigenvalue weighted by atomic mass is 10.0. The van der Waals surface area contributed by atoms with Crippen molar-refractivity contribution in [2.24, 2.45) is 0 Å². The largest absolute Gasteiger partial charge is 0.387 e. The Morgan fingerprint density at radius 3 is 2.08 bits per heavy atom. The molecule has 3 heteroatoms. The predicted molar refractivity (Wildman–Crippen MR) is 113 cm³/mol. The first-order valence-corrected chi connectivity index (χ1v) is 10.5. The zero-order valence-electron chi connectivity index (χ0n) is 15.3. The monoisotopic (exact) mass is 363 g/mol. The minimum Gasteiger partial charge on any atom is -0.387 e. The van der Waals surface area contributed by atoms with E-state index in [2.05, 4.69) is 66.8 Å². The van der Waals surface area contributed by atoms with Gasteiger partial charge in [-0.2, -0.15) is 0 Å². The molecule has 2 N–H and O–H groups in total. The molecule has 2 nitrogen and oxygen atoms in total. The second kappa shape index (κ2) is 9.09. The summed E-state index contributed by atoms with van der Waals surface area (Å²) in [5, 5.41) is 17.0. The molecule has 3 atom stereocenters. The van der Waals surface area contributed by atoms with E-state index >= 15 is 0 Å². The van der Waals surface area contributed by atoms with E-state index in [1.807, 2.05) is 37.3 Å². The summed E-state index contributed by atoms with van der Waals surface area (Å²) in [5.74, 6) is 0. The molecule has 0 spiro atoms. The number of benzene rings is 3. The van der Waals surface area contributed by atoms with Crippen LogP contribution in [0.2, 0.25) is 0 Å². The molecule has 2 unspecified atom stereocenters. The number of aliphatic hydroxyl groups excluding tert-OH is 1. The normalized spacial score (nSPS) is 14.6. The SMILES string of the molecule is Cc1ccccc1P(CN[C@@H](C)C(O)c1ccccc1)c1ccccc1. The molecule has 0 amide bonds. The standard InChI is InChI=1S/C23H26NOP/c1-18-11-9-10-16-22(18)26(21-14-7-4-8-15-21)17-24-19(2)23(25)20-12-5-3-6-13-20/h3-16,19,23-25H,17H2,1-2H3/t19-,23?,26?/m0/s1. The van der Waals surface area contributed by atoms with Gasteiger partial charge in [-0.15, -0.1) is 0 Å². The molecule has 3 aromatic carbocycles. The van der Waals surface area contributed by atoms with E-state index in [-0.39, 0.29) is 6.04 Å². The van der Waals surface area contributed by atoms with Crippen molar-refractivity contribution in [1.29, 1.82) is 0 Å². The van der Waals surface area contributed by atoms with Gasteiger partial charge in [0.15, 0.2) is 0 Å². The molecule has 0 fully saturated rings. The fourth-order valence-corrected chi connectivity index (χ4v) is 5.48. The lowest BCUT2D eigenvalue weighted by Gasteiger charge is -2.26. The Bertz CT molecular complexity index is 807. The van der Waals surface area contributed by atoms with Crippen molar-refractivity contribution in [2.45, 2.75) is 26.0 Å². The minimum atomic E-state index is -0.520. The van der Waals surface area contributed by atoms with Gasteiger partial charge in [0.1, 0.15) is 0 Å². The fourth-order valence-electron chi connectivity index (χ4n) is 3.08. The van der Waals surface area contributed by atoms with Gasteiger partial charge in [-0.05, 0) is 43.5 Å². The van der Waals surface area contributed by atoms with Gasteiger partial charge >= 0.3 is 0 Å². The summed E-state index contributed by atoms with van der Waals surface area (Å²) >= 11 is 0. The van der Waals surface area contributed by atoms with E-state index in [0.717, 1.165) is 11.8 Å². The van der Waals surface area contributed by atoms with E-state index in [9.17, 15) is 5.11 Å². The van der Waals surface area contributed by atoms with Crippen LogP contribution in [-0.4, -0.2) is 17.4 Å². The van der Waals surface area contributed by atoms with Gasteiger partial charge in [0, 0.05) is 12.3 Å². The van der Waals surface area contributed by atoms with Crippen LogP contribution >= 0.6 is 7.92 Å². The van der Waals surface area contributed by atoms with Crippen LogP contribution in [0.25, 0.3) is 0 Å². The summed E-state index contributed by atoms with van der Waals surface area (Å²) in [5.41, 5.74) is 2.27. The molecule has 3 rings (SSSR count). The highest BCUT2D eigenvalue weighted by Gasteiger charge is 2.20. The molecule has 26 heavy (non-hydrogen) atoms. The van der Waals surface area contributed by atoms with E-state index < -0.39 is 14.0 Å². The summed E-state index contributed by atoms with van der Waals surface area (Å²) in [7, 11) is -0.520. The Labute approximate surface area is 157 Å². The first-order chi connectivity index (χ1) is 12.7. The number of aliphatic hydroxyl groups is 1. The van der Waals surface area contributed by atoms with Gasteiger partial charge in [-0.25, -0.2) is 0 Å². The van der Waals surface area contributed by atoms with Crippen LogP contribution in [0.5, 0.6) is 0 Å². The average molecular weight is 363 g/mol. The topological polar surface area (TPSA) is 32.3 Å². The van der Waals surface area contributed by atoms with Crippen LogP contribution in [-0.2, 0) is 0 Å². The van der Waals surface area contributed by atoms with Crippen molar-refractivity contribution in [3.8, 4) is 0 Å². The smallest absolute Gasteiger partial charge is 0.0940 e. The lowest BCUT2D eigenvalue weighted by molar-refractivity contribution is 0.139. The molecule has 0 saturated carbocycles. The molecule has 0 saturated heterocycles. The van der Waals surface area contributed by atoms with Crippen molar-refractivity contribution in [3.63, 3.8) is 0 Å². The highest BCUT2D eigenvalue weighted by molar-refractivity contribution is 7.73. The molecule has 0 aliphatic rings. The van der Waals surface area contributed by atoms with Crippen LogP contribution in [0.4, 0.5) is 0 Å². The number of nitrogens with one attached hydrogen (secondary N) is 1. The molecule has 0 aliphatic carbocycles. The van der Waals surface area contributed by atoms with Crippen LogP contribution < -0.4 is 15.9 Å². The van der Waals surface area contributed by atoms with Crippen LogP contribution in [0.1, 0.15) is 24.2 Å². The molecule has 0 bridgehead atoms. The first-order valence-electron chi connectivity index (χ1n) is 9.01. The van der Waals surface area contributed by atoms with Crippen LogP contribution in [0.3, 0.4) is 0 Å². The Balaban J connectivity index is 1.77. The first kappa shape index (κ1) is 18.8. The van der Waals surface area contributed by atoms with Crippen molar-refractivity contribution in [1.82, 2.24) is 5.32 Å². The molecule has 134 valence electrons. The van der Waals surface area contributed by atoms with Crippen molar-refractivity contribution in [2.75, 3.05) is 6.29 Å². The maximum absolute atomic E-state index is 10.6. The minimum absolute atomic E-state index is 0.0184. The molecule has 0 aliphatic heterocycles. The predicted octanol–water partition coefficient (Wildman–Crippen LogP) is 4.10. The zero-order valence-corrected chi connectivity index (χ0v) is 16.2. The Morgan fingerprint density at radius 2 is 1.42 bits per heavy atom. The quantitative estimate of drug-likeness (QED) is 0.620. The van der Waals surface area contributed by atoms with Gasteiger partial charge in [-0.1, -0.05) is 84.9 Å². The molecule has 3 aromatic rings. The van der Waals surface area contributed by atoms with Crippen molar-refractivity contribution < 1.29 is 5.11 Å². The third-order valence-electron chi connectivity index (χ3n) is 4.66. The van der Waals surface area contributed by atoms with Gasteiger partial charge < -0.3 is 10.4 Å². The van der Waals surface area contributed by atoms with Gasteiger partial charge in [0.05, 0.1) is 6.10 Å². The molecular weight excluding hydrogens is 337 g/mol. The second-order valence-electron chi connectivity index (χ2n) is 6.56. The third-order valence-corrected chi connectivity index (χ3v) is 7.16. The van der Waals surface area contributed by atoms with E-state index in [1.54, 1.807) is 0 Å². The number of aryl methyl sites for hydroxylation is 1. The molecule has 0 radical (unpaired) electrons. The zero-order chi connectivity index (χ0) is 18.4. The molecular formula is C23H26NOP. The highest BCUT2D eigenvalue weighted by Crippen LogP contribution is 2.34. The van der Waals surface area contributed by atoms with Crippen LogP contribution in [0.15, 0.2) is 84.9 Å². The van der Waals surface area contributed by atoms with Crippen molar-refractivity contribution in [3.05, 3.63) is 96.1 Å². The lowest BCUT2D eigenvalue weighted by Crippen LogP contribution is -2.35. The number of rotatable bonds is 7. The summed E-state index contributed by atoms with van der Waals surface area (Å²) in [4.78, 5) is 0. The third kappa shape index (κ3) is 4.59. The number of hydrogen-bond acceptors (Lipinski definition) is 2. The summed E-state index contributed by atoms with van der Waals surface area (Å²) < 4.78 is 0. The van der Waals surface area contributed by atoms with Crippen LogP contribution in [0, 0.1) is 6.92 Å². The molecule has 0 heterocycles. The highest BCUT2D eigenvalue weighted by atomic mass is 31.1. The van der Waals surface area contributed by atoms with E-state index in [4.69, 9.17) is 0 Å². The Morgan fingerprint density at radius 1 is 0.846 bits per heavy atom. The second-order valence-corrected chi connectivity index (χ2v) is 8.73. The summed E-state index contributed by atoms with van der Waals surface area (Å²) in [6.45, 7) is 4.23. The fraction of sp³-hybridized carbons (Fsp3) is 0.217. The average Bonchev–Trinajstić information content (AvgIpc) is 2.70. The van der Waals surface area contributed by atoms with Gasteiger partial charge in [0.25, 0.3) is 0 Å². The summed E-state index contributed by atoms with van der Waals surface area (Å²) in [6, 6.07) is 29.1. The van der Waals surface area contributed by atoms with Gasteiger partial charge in [-0.3, -0.25) is 0 Å². The molecule has 0 aromatic heterocycles. The number of hydrogen-bond donors (Lipinski definition) is 2. The Hall–Kier alpha value is -1.99. The maximum Gasteiger partial charge on any atom is 0.0940 e. The van der Waals surface area contributed by atoms with Gasteiger partial charge in [0.2, 0.25) is 0 Å². The van der Waals surface area contributed by atoms with Crippen molar-refractivity contribution >= 4 is 18.5 Å². The summed E-state index contributed by atoms with van der Waals surface area (Å²) in [6.07, 6.45) is 0.329. The van der Waals surface area contributed by atoms with E-state index in [0.29, 0.717) is 0 Å². The Kier molecular flexibility index (Phi) is 6.57.